The van der Waals surface area contributed by atoms with Gasteiger partial charge in [-0.25, -0.2) is 0 Å². The third kappa shape index (κ3) is 0.999. The van der Waals surface area contributed by atoms with Gasteiger partial charge in [-0.2, -0.15) is 4.98 Å². The molecule has 0 radical (unpaired) electrons. The van der Waals surface area contributed by atoms with Crippen LogP contribution in [0.4, 0.5) is 5.82 Å². The molecule has 15 heavy (non-hydrogen) atoms. The number of hydrogen-bond donors (Lipinski definition) is 1. The minimum atomic E-state index is 0.491. The predicted octanol–water partition coefficient (Wildman–Crippen LogP) is 1.17. The lowest BCUT2D eigenvalue weighted by Gasteiger charge is -2.03. The van der Waals surface area contributed by atoms with Gasteiger partial charge in [0.05, 0.1) is 5.52 Å². The molecule has 2 heterocycles. The number of rotatable bonds is 0. The van der Waals surface area contributed by atoms with Gasteiger partial charge in [-0.15, -0.1) is 10.2 Å². The molecule has 2 aromatic heterocycles. The van der Waals surface area contributed by atoms with Crippen molar-refractivity contribution in [1.82, 2.24) is 19.6 Å². The molecular weight excluding hydrogens is 190 g/mol. The van der Waals surface area contributed by atoms with E-state index in [9.17, 15) is 0 Å². The first kappa shape index (κ1) is 8.16. The van der Waals surface area contributed by atoms with E-state index < -0.39 is 0 Å². The third-order valence-electron chi connectivity index (χ3n) is 2.45. The van der Waals surface area contributed by atoms with Gasteiger partial charge in [0.15, 0.2) is 0 Å². The van der Waals surface area contributed by atoms with E-state index >= 15 is 0 Å². The lowest BCUT2D eigenvalue weighted by molar-refractivity contribution is 1.02. The first-order valence-corrected chi connectivity index (χ1v) is 4.63. The summed E-state index contributed by atoms with van der Waals surface area (Å²) < 4.78 is 1.89. The monoisotopic (exact) mass is 199 g/mol. The summed E-state index contributed by atoms with van der Waals surface area (Å²) in [6, 6.07) is 7.82. The summed E-state index contributed by atoms with van der Waals surface area (Å²) in [6.07, 6.45) is 0. The van der Waals surface area contributed by atoms with E-state index in [1.807, 2.05) is 35.6 Å². The van der Waals surface area contributed by atoms with Crippen molar-refractivity contribution in [2.45, 2.75) is 6.92 Å². The minimum Gasteiger partial charge on any atom is -0.383 e. The van der Waals surface area contributed by atoms with Crippen molar-refractivity contribution in [2.75, 3.05) is 5.73 Å². The van der Waals surface area contributed by atoms with E-state index in [1.54, 1.807) is 0 Å². The fourth-order valence-electron chi connectivity index (χ4n) is 1.76. The van der Waals surface area contributed by atoms with Crippen LogP contribution in [-0.4, -0.2) is 19.6 Å². The lowest BCUT2D eigenvalue weighted by Crippen LogP contribution is -1.99. The Morgan fingerprint density at radius 3 is 2.87 bits per heavy atom. The molecule has 0 amide bonds. The largest absolute Gasteiger partial charge is 0.383 e. The Kier molecular flexibility index (Phi) is 1.45. The molecule has 0 spiro atoms. The van der Waals surface area contributed by atoms with Crippen LogP contribution in [0.1, 0.15) is 5.82 Å². The maximum absolute atomic E-state index is 5.84. The van der Waals surface area contributed by atoms with Gasteiger partial charge in [0.1, 0.15) is 11.6 Å². The average molecular weight is 199 g/mol. The highest BCUT2D eigenvalue weighted by molar-refractivity contribution is 5.90. The molecule has 0 aliphatic heterocycles. The Balaban J connectivity index is 2.67. The smallest absolute Gasteiger partial charge is 0.257 e. The molecule has 0 saturated carbocycles. The number of nitrogens with two attached hydrogens (primary N) is 1. The Bertz CT molecular complexity index is 655. The van der Waals surface area contributed by atoms with Crippen LogP contribution in [0.15, 0.2) is 24.3 Å². The van der Waals surface area contributed by atoms with Crippen LogP contribution in [0.2, 0.25) is 0 Å². The Morgan fingerprint density at radius 1 is 1.20 bits per heavy atom. The summed E-state index contributed by atoms with van der Waals surface area (Å²) in [5.74, 6) is 1.85. The molecule has 2 N–H and O–H groups in total. The van der Waals surface area contributed by atoms with Crippen LogP contribution in [0.5, 0.6) is 0 Å². The number of anilines is 1. The van der Waals surface area contributed by atoms with Crippen molar-refractivity contribution in [1.29, 1.82) is 0 Å². The van der Waals surface area contributed by atoms with Crippen molar-refractivity contribution in [3.05, 3.63) is 30.1 Å². The van der Waals surface area contributed by atoms with E-state index in [0.717, 1.165) is 16.7 Å². The summed E-state index contributed by atoms with van der Waals surface area (Å²) in [7, 11) is 0. The molecule has 0 saturated heterocycles. The van der Waals surface area contributed by atoms with E-state index in [0.29, 0.717) is 11.6 Å². The maximum Gasteiger partial charge on any atom is 0.257 e. The van der Waals surface area contributed by atoms with Gasteiger partial charge >= 0.3 is 0 Å². The number of aromatic nitrogens is 4. The van der Waals surface area contributed by atoms with Crippen LogP contribution in [0.3, 0.4) is 0 Å². The number of benzene rings is 1. The highest BCUT2D eigenvalue weighted by Gasteiger charge is 2.08. The average Bonchev–Trinajstić information content (AvgIpc) is 2.61. The van der Waals surface area contributed by atoms with Crippen LogP contribution in [0, 0.1) is 6.92 Å². The molecule has 74 valence electrons. The van der Waals surface area contributed by atoms with Gasteiger partial charge in [0.25, 0.3) is 5.78 Å². The van der Waals surface area contributed by atoms with Gasteiger partial charge in [-0.3, -0.25) is 4.40 Å². The lowest BCUT2D eigenvalue weighted by atomic mass is 10.2. The zero-order valence-electron chi connectivity index (χ0n) is 8.18. The first-order chi connectivity index (χ1) is 7.27. The molecule has 5 nitrogen and oxygen atoms in total. The van der Waals surface area contributed by atoms with Gasteiger partial charge in [-0.1, -0.05) is 12.1 Å². The first-order valence-electron chi connectivity index (χ1n) is 4.63. The highest BCUT2D eigenvalue weighted by Crippen LogP contribution is 2.20. The van der Waals surface area contributed by atoms with Gasteiger partial charge in [0, 0.05) is 5.39 Å². The summed E-state index contributed by atoms with van der Waals surface area (Å²) >= 11 is 0. The molecule has 5 heteroatoms. The number of fused-ring (bicyclic) bond motifs is 3. The zero-order chi connectivity index (χ0) is 10.4. The molecule has 0 unspecified atom stereocenters. The van der Waals surface area contributed by atoms with Crippen LogP contribution in [-0.2, 0) is 0 Å². The van der Waals surface area contributed by atoms with Crippen LogP contribution < -0.4 is 5.73 Å². The number of hydrogen-bond acceptors (Lipinski definition) is 4. The fourth-order valence-corrected chi connectivity index (χ4v) is 1.76. The molecule has 0 bridgehead atoms. The fraction of sp³-hybridized carbons (Fsp3) is 0.100. The van der Waals surface area contributed by atoms with E-state index in [2.05, 4.69) is 15.2 Å². The number of aryl methyl sites for hydroxylation is 1. The topological polar surface area (TPSA) is 69.1 Å². The van der Waals surface area contributed by atoms with Crippen molar-refractivity contribution in [3.8, 4) is 0 Å². The summed E-state index contributed by atoms with van der Waals surface area (Å²) in [5, 5.41) is 8.86. The SMILES string of the molecule is Cc1nnc2nc(N)c3ccccc3n12. The summed E-state index contributed by atoms with van der Waals surface area (Å²) in [6.45, 7) is 1.89. The number of para-hydroxylation sites is 1. The second-order valence-corrected chi connectivity index (χ2v) is 3.40. The van der Waals surface area contributed by atoms with Gasteiger partial charge < -0.3 is 5.73 Å². The van der Waals surface area contributed by atoms with Crippen molar-refractivity contribution in [3.63, 3.8) is 0 Å². The van der Waals surface area contributed by atoms with E-state index in [4.69, 9.17) is 5.73 Å². The number of nitrogen functional groups attached to an aromatic ring is 1. The second-order valence-electron chi connectivity index (χ2n) is 3.40. The maximum atomic E-state index is 5.84. The standard InChI is InChI=1S/C10H9N5/c1-6-13-14-10-12-9(11)7-4-2-3-5-8(7)15(6)10/h2-5H,1H3,(H2,11,12,14). The molecular formula is C10H9N5. The highest BCUT2D eigenvalue weighted by atomic mass is 15.3. The number of nitrogens with zero attached hydrogens (tertiary/aromatic N) is 4. The van der Waals surface area contributed by atoms with E-state index in [1.165, 1.54) is 0 Å². The molecule has 0 atom stereocenters. The Hall–Kier alpha value is -2.17. The summed E-state index contributed by atoms with van der Waals surface area (Å²) in [4.78, 5) is 4.19. The van der Waals surface area contributed by atoms with Crippen molar-refractivity contribution < 1.29 is 0 Å². The molecule has 3 rings (SSSR count). The summed E-state index contributed by atoms with van der Waals surface area (Å²) in [5.41, 5.74) is 6.83. The van der Waals surface area contributed by atoms with Crippen LogP contribution in [0.25, 0.3) is 16.7 Å². The minimum absolute atomic E-state index is 0.491. The molecule has 0 aliphatic carbocycles. The van der Waals surface area contributed by atoms with E-state index in [-0.39, 0.29) is 0 Å². The molecule has 1 aromatic carbocycles. The third-order valence-corrected chi connectivity index (χ3v) is 2.45. The normalized spacial score (nSPS) is 11.3. The molecule has 0 aliphatic rings. The Labute approximate surface area is 85.6 Å². The second kappa shape index (κ2) is 2.66. The molecule has 3 aromatic rings. The van der Waals surface area contributed by atoms with Gasteiger partial charge in [0.2, 0.25) is 0 Å². The van der Waals surface area contributed by atoms with Crippen LogP contribution >= 0.6 is 0 Å². The van der Waals surface area contributed by atoms with Crippen molar-refractivity contribution >= 4 is 22.5 Å². The van der Waals surface area contributed by atoms with Gasteiger partial charge in [-0.05, 0) is 19.1 Å². The predicted molar refractivity (Wildman–Crippen MR) is 57.4 cm³/mol. The molecule has 0 fully saturated rings. The quantitative estimate of drug-likeness (QED) is 0.590. The Morgan fingerprint density at radius 2 is 2.00 bits per heavy atom. The van der Waals surface area contributed by atoms with Crippen molar-refractivity contribution in [2.24, 2.45) is 0 Å². The zero-order valence-corrected chi connectivity index (χ0v) is 8.18.